The van der Waals surface area contributed by atoms with Crippen LogP contribution in [-0.4, -0.2) is 31.1 Å². The Morgan fingerprint density at radius 2 is 1.69 bits per heavy atom. The zero-order valence-electron chi connectivity index (χ0n) is 14.4. The molecule has 0 saturated heterocycles. The molecule has 0 aliphatic heterocycles. The van der Waals surface area contributed by atoms with E-state index in [-0.39, 0.29) is 5.56 Å². The molecule has 3 amide bonds. The summed E-state index contributed by atoms with van der Waals surface area (Å²) in [6, 6.07) is 14.9. The summed E-state index contributed by atoms with van der Waals surface area (Å²) in [6.45, 7) is 1.79. The van der Waals surface area contributed by atoms with E-state index >= 15 is 0 Å². The van der Waals surface area contributed by atoms with Crippen molar-refractivity contribution in [1.82, 2.24) is 10.6 Å². The molecule has 0 unspecified atom stereocenters. The smallest absolute Gasteiger partial charge is 0.338 e. The zero-order valence-corrected chi connectivity index (χ0v) is 14.4. The van der Waals surface area contributed by atoms with E-state index in [1.807, 2.05) is 25.1 Å². The van der Waals surface area contributed by atoms with Crippen LogP contribution in [0.3, 0.4) is 0 Å². The van der Waals surface area contributed by atoms with Crippen molar-refractivity contribution < 1.29 is 23.9 Å². The van der Waals surface area contributed by atoms with Crippen LogP contribution >= 0.6 is 0 Å². The van der Waals surface area contributed by atoms with Crippen LogP contribution in [0.15, 0.2) is 54.6 Å². The van der Waals surface area contributed by atoms with Gasteiger partial charge in [0.05, 0.1) is 5.56 Å². The van der Waals surface area contributed by atoms with Gasteiger partial charge in [0.15, 0.2) is 6.61 Å². The van der Waals surface area contributed by atoms with E-state index in [1.165, 1.54) is 6.07 Å². The van der Waals surface area contributed by atoms with Crippen LogP contribution in [0.25, 0.3) is 0 Å². The Bertz CT molecular complexity index is 762. The minimum atomic E-state index is -0.705. The fraction of sp³-hybridized carbons (Fsp3) is 0.211. The first kappa shape index (κ1) is 19.0. The van der Waals surface area contributed by atoms with Crippen LogP contribution < -0.4 is 15.4 Å². The molecule has 2 aromatic carbocycles. The lowest BCUT2D eigenvalue weighted by Crippen LogP contribution is -2.41. The lowest BCUT2D eigenvalue weighted by Gasteiger charge is -2.08. The molecule has 2 aromatic rings. The maximum absolute atomic E-state index is 12.1. The molecule has 7 nitrogen and oxygen atoms in total. The summed E-state index contributed by atoms with van der Waals surface area (Å²) in [7, 11) is 0. The first-order chi connectivity index (χ1) is 12.6. The highest BCUT2D eigenvalue weighted by atomic mass is 16.5. The van der Waals surface area contributed by atoms with E-state index < -0.39 is 24.5 Å². The molecule has 0 aliphatic carbocycles. The van der Waals surface area contributed by atoms with Crippen LogP contribution in [0.5, 0.6) is 11.5 Å². The molecule has 0 heterocycles. The zero-order chi connectivity index (χ0) is 18.8. The van der Waals surface area contributed by atoms with Gasteiger partial charge in [-0.1, -0.05) is 31.2 Å². The fourth-order valence-corrected chi connectivity index (χ4v) is 1.97. The molecular formula is C19H20N2O5. The Labute approximate surface area is 151 Å². The Morgan fingerprint density at radius 3 is 2.42 bits per heavy atom. The molecule has 0 radical (unpaired) electrons. The number of hydrogen-bond acceptors (Lipinski definition) is 5. The van der Waals surface area contributed by atoms with Gasteiger partial charge in [-0.3, -0.25) is 10.1 Å². The SMILES string of the molecule is CCCNC(=O)NC(=O)COC(=O)c1cccc(Oc2ccccc2)c1. The highest BCUT2D eigenvalue weighted by Gasteiger charge is 2.13. The Hall–Kier alpha value is -3.35. The third-order valence-corrected chi connectivity index (χ3v) is 3.17. The number of rotatable bonds is 7. The molecule has 0 aliphatic rings. The number of benzene rings is 2. The number of carbonyl (C=O) groups is 3. The summed E-state index contributed by atoms with van der Waals surface area (Å²) in [5, 5.41) is 4.56. The minimum Gasteiger partial charge on any atom is -0.457 e. The molecule has 0 spiro atoms. The van der Waals surface area contributed by atoms with Crippen molar-refractivity contribution in [2.75, 3.05) is 13.2 Å². The van der Waals surface area contributed by atoms with E-state index in [0.717, 1.165) is 6.42 Å². The minimum absolute atomic E-state index is 0.238. The number of carbonyl (C=O) groups excluding carboxylic acids is 3. The number of esters is 1. The Morgan fingerprint density at radius 1 is 0.962 bits per heavy atom. The lowest BCUT2D eigenvalue weighted by molar-refractivity contribution is -0.123. The quantitative estimate of drug-likeness (QED) is 0.744. The molecule has 26 heavy (non-hydrogen) atoms. The number of ether oxygens (including phenoxy) is 2. The van der Waals surface area contributed by atoms with Gasteiger partial charge in [0.1, 0.15) is 11.5 Å². The summed E-state index contributed by atoms with van der Waals surface area (Å²) in [6.07, 6.45) is 0.748. The van der Waals surface area contributed by atoms with Gasteiger partial charge in [-0.2, -0.15) is 0 Å². The van der Waals surface area contributed by atoms with Gasteiger partial charge < -0.3 is 14.8 Å². The summed E-state index contributed by atoms with van der Waals surface area (Å²) in [5.41, 5.74) is 0.238. The molecule has 7 heteroatoms. The van der Waals surface area contributed by atoms with Gasteiger partial charge in [0.2, 0.25) is 0 Å². The number of para-hydroxylation sites is 1. The van der Waals surface area contributed by atoms with E-state index in [1.54, 1.807) is 30.3 Å². The van der Waals surface area contributed by atoms with Gasteiger partial charge in [-0.25, -0.2) is 9.59 Å². The Balaban J connectivity index is 1.86. The standard InChI is InChI=1S/C19H20N2O5/c1-2-11-20-19(24)21-17(22)13-25-18(23)14-7-6-10-16(12-14)26-15-8-4-3-5-9-15/h3-10,12H,2,11,13H2,1H3,(H2,20,21,22,24). The normalized spacial score (nSPS) is 9.88. The topological polar surface area (TPSA) is 93.7 Å². The predicted molar refractivity (Wildman–Crippen MR) is 95.1 cm³/mol. The van der Waals surface area contributed by atoms with Crippen molar-refractivity contribution in [3.05, 3.63) is 60.2 Å². The molecule has 0 bridgehead atoms. The predicted octanol–water partition coefficient (Wildman–Crippen LogP) is 2.87. The molecule has 2 N–H and O–H groups in total. The average molecular weight is 356 g/mol. The van der Waals surface area contributed by atoms with Crippen molar-refractivity contribution in [2.45, 2.75) is 13.3 Å². The average Bonchev–Trinajstić information content (AvgIpc) is 2.65. The number of amides is 3. The first-order valence-electron chi connectivity index (χ1n) is 8.16. The second kappa shape index (κ2) is 9.83. The van der Waals surface area contributed by atoms with Crippen molar-refractivity contribution >= 4 is 17.9 Å². The van der Waals surface area contributed by atoms with Gasteiger partial charge in [-0.05, 0) is 36.8 Å². The molecule has 0 fully saturated rings. The third kappa shape index (κ3) is 6.27. The van der Waals surface area contributed by atoms with Crippen LogP contribution in [0.4, 0.5) is 4.79 Å². The largest absolute Gasteiger partial charge is 0.457 e. The van der Waals surface area contributed by atoms with Crippen LogP contribution in [0, 0.1) is 0 Å². The highest BCUT2D eigenvalue weighted by Crippen LogP contribution is 2.22. The third-order valence-electron chi connectivity index (χ3n) is 3.17. The molecular weight excluding hydrogens is 336 g/mol. The second-order valence-corrected chi connectivity index (χ2v) is 5.32. The number of nitrogens with one attached hydrogen (secondary N) is 2. The van der Waals surface area contributed by atoms with Crippen molar-refractivity contribution in [2.24, 2.45) is 0 Å². The van der Waals surface area contributed by atoms with E-state index in [2.05, 4.69) is 10.6 Å². The van der Waals surface area contributed by atoms with Crippen LogP contribution in [0.1, 0.15) is 23.7 Å². The Kier molecular flexibility index (Phi) is 7.17. The molecule has 136 valence electrons. The van der Waals surface area contributed by atoms with Gasteiger partial charge in [0.25, 0.3) is 5.91 Å². The van der Waals surface area contributed by atoms with E-state index in [0.29, 0.717) is 18.0 Å². The van der Waals surface area contributed by atoms with Gasteiger partial charge in [-0.15, -0.1) is 0 Å². The summed E-state index contributed by atoms with van der Waals surface area (Å²) < 4.78 is 10.6. The maximum atomic E-state index is 12.1. The van der Waals surface area contributed by atoms with Crippen molar-refractivity contribution in [3.8, 4) is 11.5 Å². The first-order valence-corrected chi connectivity index (χ1v) is 8.16. The number of urea groups is 1. The number of imide groups is 1. The van der Waals surface area contributed by atoms with Crippen molar-refractivity contribution in [1.29, 1.82) is 0 Å². The second-order valence-electron chi connectivity index (χ2n) is 5.32. The number of hydrogen-bond donors (Lipinski definition) is 2. The van der Waals surface area contributed by atoms with E-state index in [4.69, 9.17) is 9.47 Å². The van der Waals surface area contributed by atoms with Crippen LogP contribution in [0.2, 0.25) is 0 Å². The van der Waals surface area contributed by atoms with E-state index in [9.17, 15) is 14.4 Å². The monoisotopic (exact) mass is 356 g/mol. The summed E-state index contributed by atoms with van der Waals surface area (Å²) >= 11 is 0. The molecule has 0 atom stereocenters. The molecule has 0 saturated carbocycles. The van der Waals surface area contributed by atoms with Gasteiger partial charge >= 0.3 is 12.0 Å². The summed E-state index contributed by atoms with van der Waals surface area (Å²) in [4.78, 5) is 35.0. The summed E-state index contributed by atoms with van der Waals surface area (Å²) in [5.74, 6) is -0.291. The maximum Gasteiger partial charge on any atom is 0.338 e. The van der Waals surface area contributed by atoms with Crippen LogP contribution in [-0.2, 0) is 9.53 Å². The molecule has 0 aromatic heterocycles. The molecule has 2 rings (SSSR count). The van der Waals surface area contributed by atoms with Gasteiger partial charge in [0, 0.05) is 6.54 Å². The van der Waals surface area contributed by atoms with Crippen molar-refractivity contribution in [3.63, 3.8) is 0 Å². The fourth-order valence-electron chi connectivity index (χ4n) is 1.97. The highest BCUT2D eigenvalue weighted by molar-refractivity contribution is 5.97. The lowest BCUT2D eigenvalue weighted by atomic mass is 10.2.